The highest BCUT2D eigenvalue weighted by atomic mass is 16.7. The molecule has 1 aromatic rings. The lowest BCUT2D eigenvalue weighted by molar-refractivity contribution is -0.199. The average Bonchev–Trinajstić information content (AvgIpc) is 3.27. The molecule has 11 heteroatoms. The van der Waals surface area contributed by atoms with Gasteiger partial charge in [0.1, 0.15) is 11.3 Å². The number of hydrogen-bond acceptors (Lipinski definition) is 9. The molecule has 5 atom stereocenters. The Hall–Kier alpha value is -3.10. The number of benzene rings is 1. The molecule has 1 amide bonds. The summed E-state index contributed by atoms with van der Waals surface area (Å²) in [5.74, 6) is -0.899. The van der Waals surface area contributed by atoms with Gasteiger partial charge in [0.05, 0.1) is 36.2 Å². The summed E-state index contributed by atoms with van der Waals surface area (Å²) >= 11 is 0. The Morgan fingerprint density at radius 3 is 2.56 bits per heavy atom. The second-order valence-electron chi connectivity index (χ2n) is 13.1. The molecule has 41 heavy (non-hydrogen) atoms. The van der Waals surface area contributed by atoms with Gasteiger partial charge in [0.2, 0.25) is 12.7 Å². The third-order valence-electron chi connectivity index (χ3n) is 9.06. The van der Waals surface area contributed by atoms with Crippen molar-refractivity contribution in [1.82, 2.24) is 5.32 Å². The largest absolute Gasteiger partial charge is 0.496 e. The fourth-order valence-electron chi connectivity index (χ4n) is 6.55. The van der Waals surface area contributed by atoms with E-state index in [9.17, 15) is 14.4 Å². The Morgan fingerprint density at radius 1 is 1.20 bits per heavy atom. The normalized spacial score (nSPS) is 26.6. The fraction of sp³-hybridized carbons (Fsp3) is 0.667. The number of carbonyl (C=O) groups excluding carboxylic acids is 3. The molecule has 2 bridgehead atoms. The number of para-hydroxylation sites is 1. The van der Waals surface area contributed by atoms with Gasteiger partial charge in [-0.3, -0.25) is 9.59 Å². The van der Waals surface area contributed by atoms with Gasteiger partial charge in [-0.1, -0.05) is 26.0 Å². The van der Waals surface area contributed by atoms with E-state index in [4.69, 9.17) is 28.8 Å². The van der Waals surface area contributed by atoms with Gasteiger partial charge in [0.15, 0.2) is 0 Å². The molecule has 0 spiro atoms. The predicted molar refractivity (Wildman–Crippen MR) is 149 cm³/mol. The van der Waals surface area contributed by atoms with Crippen molar-refractivity contribution in [3.63, 3.8) is 0 Å². The van der Waals surface area contributed by atoms with Gasteiger partial charge in [-0.2, -0.15) is 5.26 Å². The maximum absolute atomic E-state index is 12.9. The maximum atomic E-state index is 12.9. The monoisotopic (exact) mass is 568 g/mol. The van der Waals surface area contributed by atoms with E-state index in [-0.39, 0.29) is 48.0 Å². The van der Waals surface area contributed by atoms with Crippen molar-refractivity contribution in [3.8, 4) is 11.8 Å². The number of carbonyl (C=O) groups is 3. The van der Waals surface area contributed by atoms with Crippen LogP contribution in [0.2, 0.25) is 0 Å². The number of amides is 1. The van der Waals surface area contributed by atoms with E-state index in [1.807, 2.05) is 6.07 Å². The van der Waals surface area contributed by atoms with Crippen LogP contribution in [0.1, 0.15) is 83.1 Å². The maximum Gasteiger partial charge on any atom is 0.482 e. The summed E-state index contributed by atoms with van der Waals surface area (Å²) in [6.07, 6.45) is 2.30. The Balaban J connectivity index is 1.53. The van der Waals surface area contributed by atoms with E-state index in [1.54, 1.807) is 39.0 Å². The second kappa shape index (κ2) is 11.6. The summed E-state index contributed by atoms with van der Waals surface area (Å²) in [5.41, 5.74) is -0.252. The van der Waals surface area contributed by atoms with Gasteiger partial charge in [-0.05, 0) is 75.8 Å². The van der Waals surface area contributed by atoms with Gasteiger partial charge in [-0.25, -0.2) is 4.79 Å². The lowest BCUT2D eigenvalue weighted by Gasteiger charge is -2.64. The second-order valence-corrected chi connectivity index (χ2v) is 13.1. The highest BCUT2D eigenvalue weighted by Gasteiger charge is 2.68. The van der Waals surface area contributed by atoms with Crippen LogP contribution in [0.15, 0.2) is 18.2 Å². The number of nitrogens with zero attached hydrogens (tertiary/aromatic N) is 1. The molecular formula is C30H41BN2O8. The van der Waals surface area contributed by atoms with Crippen molar-refractivity contribution in [1.29, 1.82) is 5.26 Å². The molecular weight excluding hydrogens is 527 g/mol. The van der Waals surface area contributed by atoms with Crippen LogP contribution < -0.4 is 10.1 Å². The van der Waals surface area contributed by atoms with Crippen LogP contribution in [0.5, 0.6) is 5.75 Å². The lowest BCUT2D eigenvalue weighted by atomic mass is 9.43. The molecule has 10 nitrogen and oxygen atoms in total. The molecule has 222 valence electrons. The fourth-order valence-corrected chi connectivity index (χ4v) is 6.55. The van der Waals surface area contributed by atoms with Gasteiger partial charge in [-0.15, -0.1) is 0 Å². The van der Waals surface area contributed by atoms with Crippen LogP contribution in [-0.2, 0) is 34.8 Å². The molecule has 4 fully saturated rings. The summed E-state index contributed by atoms with van der Waals surface area (Å²) in [7, 11) is 0.728. The average molecular weight is 568 g/mol. The molecule has 5 rings (SSSR count). The first-order valence-electron chi connectivity index (χ1n) is 14.2. The van der Waals surface area contributed by atoms with Crippen LogP contribution >= 0.6 is 0 Å². The molecule has 3 aliphatic carbocycles. The third kappa shape index (κ3) is 6.09. The van der Waals surface area contributed by atoms with Crippen molar-refractivity contribution in [2.75, 3.05) is 13.9 Å². The summed E-state index contributed by atoms with van der Waals surface area (Å²) in [4.78, 5) is 37.7. The number of nitrogens with one attached hydrogen (secondary N) is 1. The van der Waals surface area contributed by atoms with Crippen molar-refractivity contribution in [2.24, 2.45) is 22.7 Å². The van der Waals surface area contributed by atoms with Gasteiger partial charge in [0.25, 0.3) is 0 Å². The summed E-state index contributed by atoms with van der Waals surface area (Å²) in [6.45, 7) is 11.3. The molecule has 1 aliphatic heterocycles. The number of rotatable bonds is 10. The van der Waals surface area contributed by atoms with Crippen LogP contribution in [0, 0.1) is 34.0 Å². The van der Waals surface area contributed by atoms with Crippen LogP contribution in [-0.4, -0.2) is 56.5 Å². The highest BCUT2D eigenvalue weighted by Crippen LogP contribution is 2.65. The predicted octanol–water partition coefficient (Wildman–Crippen LogP) is 4.00. The molecule has 1 N–H and O–H groups in total. The summed E-state index contributed by atoms with van der Waals surface area (Å²) in [5, 5.41) is 12.0. The van der Waals surface area contributed by atoms with Crippen molar-refractivity contribution in [3.05, 3.63) is 29.3 Å². The molecule has 3 saturated carbocycles. The number of hydrogen-bond donors (Lipinski definition) is 1. The minimum Gasteiger partial charge on any atom is -0.496 e. The number of esters is 2. The minimum absolute atomic E-state index is 0.0505. The van der Waals surface area contributed by atoms with Crippen LogP contribution in [0.25, 0.3) is 0 Å². The molecule has 1 aromatic carbocycles. The Kier molecular flexibility index (Phi) is 8.77. The van der Waals surface area contributed by atoms with E-state index in [2.05, 4.69) is 26.1 Å². The first kappa shape index (κ1) is 30.9. The number of methoxy groups -OCH3 is 1. The zero-order valence-electron chi connectivity index (χ0n) is 25.1. The quantitative estimate of drug-likeness (QED) is 0.253. The van der Waals surface area contributed by atoms with Crippen molar-refractivity contribution >= 4 is 25.0 Å². The SMILES string of the molecule is COc1c(CC(NC(=O)CCC#N)B2OC3CC4CC(C4(C)C)C3(C)O2)cccc1C(=O)OCOC(=O)C(C)(C)C. The molecule has 4 aliphatic rings. The molecule has 0 aromatic heterocycles. The van der Waals surface area contributed by atoms with E-state index in [0.29, 0.717) is 17.4 Å². The standard InChI is InChI=1S/C30H41BN2O8/c1-28(2,3)27(36)39-17-38-26(35)20-11-8-10-18(25(20)37-7)14-23(33-24(34)12-9-13-32)31-40-22-16-19-15-21(29(19,4)5)30(22,6)41-31/h8,10-11,19,21-23H,9,12,14-17H2,1-7H3,(H,33,34). The van der Waals surface area contributed by atoms with E-state index < -0.39 is 42.8 Å². The smallest absolute Gasteiger partial charge is 0.482 e. The Bertz CT molecular complexity index is 1220. The van der Waals surface area contributed by atoms with Crippen LogP contribution in [0.4, 0.5) is 0 Å². The van der Waals surface area contributed by atoms with Crippen molar-refractivity contribution in [2.45, 2.75) is 91.3 Å². The first-order chi connectivity index (χ1) is 19.2. The van der Waals surface area contributed by atoms with E-state index >= 15 is 0 Å². The van der Waals surface area contributed by atoms with E-state index in [1.165, 1.54) is 7.11 Å². The number of ether oxygens (including phenoxy) is 3. The van der Waals surface area contributed by atoms with Gasteiger partial charge >= 0.3 is 19.1 Å². The van der Waals surface area contributed by atoms with Crippen LogP contribution in [0.3, 0.4) is 0 Å². The highest BCUT2D eigenvalue weighted by molar-refractivity contribution is 6.48. The number of nitriles is 1. The van der Waals surface area contributed by atoms with Gasteiger partial charge in [0, 0.05) is 12.8 Å². The Labute approximate surface area is 242 Å². The third-order valence-corrected chi connectivity index (χ3v) is 9.06. The summed E-state index contributed by atoms with van der Waals surface area (Å²) in [6, 6.07) is 7.05. The molecule has 5 unspecified atom stereocenters. The van der Waals surface area contributed by atoms with E-state index in [0.717, 1.165) is 12.8 Å². The van der Waals surface area contributed by atoms with Crippen molar-refractivity contribution < 1.29 is 37.9 Å². The zero-order valence-corrected chi connectivity index (χ0v) is 25.1. The Morgan fingerprint density at radius 2 is 1.93 bits per heavy atom. The molecule has 0 radical (unpaired) electrons. The zero-order chi connectivity index (χ0) is 30.2. The topological polar surface area (TPSA) is 133 Å². The lowest BCUT2D eigenvalue weighted by Crippen LogP contribution is -2.65. The van der Waals surface area contributed by atoms with Gasteiger partial charge < -0.3 is 28.8 Å². The molecule has 1 saturated heterocycles. The molecule has 1 heterocycles. The minimum atomic E-state index is -0.730. The summed E-state index contributed by atoms with van der Waals surface area (Å²) < 4.78 is 29.0. The first-order valence-corrected chi connectivity index (χ1v) is 14.2.